The maximum Gasteiger partial charge on any atom is 0.146 e. The largest absolute Gasteiger partial charge is 0.485 e. The summed E-state index contributed by atoms with van der Waals surface area (Å²) in [6, 6.07) is 5.20. The van der Waals surface area contributed by atoms with Gasteiger partial charge in [0, 0.05) is 30.0 Å². The van der Waals surface area contributed by atoms with E-state index in [1.165, 1.54) is 0 Å². The molecular weight excluding hydrogens is 252 g/mol. The van der Waals surface area contributed by atoms with Crippen LogP contribution in [0.5, 0.6) is 5.75 Å². The monoisotopic (exact) mass is 266 g/mol. The Kier molecular flexibility index (Phi) is 3.89. The summed E-state index contributed by atoms with van der Waals surface area (Å²) < 4.78 is 7.56. The summed E-state index contributed by atoms with van der Waals surface area (Å²) in [6.07, 6.45) is 2.95. The van der Waals surface area contributed by atoms with E-state index < -0.39 is 6.10 Å². The fourth-order valence-electron chi connectivity index (χ4n) is 1.66. The molecule has 18 heavy (non-hydrogen) atoms. The molecule has 0 bridgehead atoms. The Morgan fingerprint density at radius 2 is 2.28 bits per heavy atom. The first-order chi connectivity index (χ1) is 8.58. The molecule has 1 heterocycles. The molecule has 0 saturated carbocycles. The van der Waals surface area contributed by atoms with Gasteiger partial charge < -0.3 is 14.4 Å². The van der Waals surface area contributed by atoms with Crippen LogP contribution in [0, 0.1) is 0 Å². The second kappa shape index (κ2) is 5.42. The van der Waals surface area contributed by atoms with Gasteiger partial charge in [-0.15, -0.1) is 0 Å². The molecule has 1 aromatic heterocycles. The topological polar surface area (TPSA) is 47.3 Å². The van der Waals surface area contributed by atoms with E-state index in [1.807, 2.05) is 17.8 Å². The highest BCUT2D eigenvalue weighted by atomic mass is 35.5. The van der Waals surface area contributed by atoms with E-state index in [0.717, 1.165) is 5.82 Å². The number of hydrogen-bond donors (Lipinski definition) is 1. The Hall–Kier alpha value is -1.52. The third-order valence-electron chi connectivity index (χ3n) is 2.70. The number of ether oxygens (including phenoxy) is 1. The first kappa shape index (κ1) is 12.9. The third-order valence-corrected chi connectivity index (χ3v) is 2.93. The summed E-state index contributed by atoms with van der Waals surface area (Å²) in [5.41, 5.74) is 0.678. The van der Waals surface area contributed by atoms with Crippen molar-refractivity contribution in [3.8, 4) is 5.75 Å². The number of nitrogens with zero attached hydrogens (tertiary/aromatic N) is 2. The Morgan fingerprint density at radius 1 is 1.50 bits per heavy atom. The van der Waals surface area contributed by atoms with Crippen molar-refractivity contribution < 1.29 is 9.84 Å². The summed E-state index contributed by atoms with van der Waals surface area (Å²) in [7, 11) is 1.91. The number of aliphatic hydroxyl groups excluding tert-OH is 1. The van der Waals surface area contributed by atoms with Crippen molar-refractivity contribution in [2.75, 3.05) is 0 Å². The second-order valence-corrected chi connectivity index (χ2v) is 4.54. The predicted molar refractivity (Wildman–Crippen MR) is 69.6 cm³/mol. The number of benzene rings is 1. The SMILES string of the molecule is C[C@H](O)c1cc(Cl)ccc1OCc1nccn1C. The van der Waals surface area contributed by atoms with Crippen molar-refractivity contribution in [3.63, 3.8) is 0 Å². The van der Waals surface area contributed by atoms with Gasteiger partial charge in [0.2, 0.25) is 0 Å². The van der Waals surface area contributed by atoms with E-state index in [2.05, 4.69) is 4.98 Å². The second-order valence-electron chi connectivity index (χ2n) is 4.10. The van der Waals surface area contributed by atoms with Gasteiger partial charge in [-0.3, -0.25) is 0 Å². The lowest BCUT2D eigenvalue weighted by Crippen LogP contribution is -2.05. The highest BCUT2D eigenvalue weighted by molar-refractivity contribution is 6.30. The smallest absolute Gasteiger partial charge is 0.146 e. The van der Waals surface area contributed by atoms with Gasteiger partial charge in [0.1, 0.15) is 18.2 Å². The van der Waals surface area contributed by atoms with Gasteiger partial charge in [-0.05, 0) is 25.1 Å². The number of rotatable bonds is 4. The summed E-state index contributed by atoms with van der Waals surface area (Å²) in [5.74, 6) is 1.44. The van der Waals surface area contributed by atoms with Crippen LogP contribution < -0.4 is 4.74 Å². The first-order valence-electron chi connectivity index (χ1n) is 5.64. The van der Waals surface area contributed by atoms with Gasteiger partial charge in [0.25, 0.3) is 0 Å². The van der Waals surface area contributed by atoms with E-state index in [0.29, 0.717) is 22.9 Å². The minimum Gasteiger partial charge on any atom is -0.485 e. The number of imidazole rings is 1. The molecule has 1 N–H and O–H groups in total. The Bertz CT molecular complexity index is 538. The van der Waals surface area contributed by atoms with Gasteiger partial charge in [-0.2, -0.15) is 0 Å². The fourth-order valence-corrected chi connectivity index (χ4v) is 1.84. The Morgan fingerprint density at radius 3 is 2.89 bits per heavy atom. The number of aromatic nitrogens is 2. The molecule has 5 heteroatoms. The molecule has 0 aliphatic carbocycles. The quantitative estimate of drug-likeness (QED) is 0.926. The Labute approximate surface area is 111 Å². The molecule has 0 radical (unpaired) electrons. The summed E-state index contributed by atoms with van der Waals surface area (Å²) in [6.45, 7) is 2.03. The zero-order valence-corrected chi connectivity index (χ0v) is 11.1. The molecule has 0 aliphatic heterocycles. The van der Waals surface area contributed by atoms with Gasteiger partial charge >= 0.3 is 0 Å². The molecule has 4 nitrogen and oxygen atoms in total. The normalized spacial score (nSPS) is 12.4. The standard InChI is InChI=1S/C13H15ClN2O2/c1-9(17)11-7-10(14)3-4-12(11)18-8-13-15-5-6-16(13)2/h3-7,9,17H,8H2,1-2H3/t9-/m0/s1. The highest BCUT2D eigenvalue weighted by Crippen LogP contribution is 2.28. The van der Waals surface area contributed by atoms with E-state index in [1.54, 1.807) is 31.3 Å². The molecule has 0 amide bonds. The zero-order chi connectivity index (χ0) is 13.1. The summed E-state index contributed by atoms with van der Waals surface area (Å²) in [5, 5.41) is 10.3. The van der Waals surface area contributed by atoms with Crippen molar-refractivity contribution in [1.29, 1.82) is 0 Å². The van der Waals surface area contributed by atoms with E-state index in [4.69, 9.17) is 16.3 Å². The van der Waals surface area contributed by atoms with E-state index >= 15 is 0 Å². The molecule has 1 aromatic carbocycles. The van der Waals surface area contributed by atoms with Crippen LogP contribution in [-0.2, 0) is 13.7 Å². The van der Waals surface area contributed by atoms with Crippen LogP contribution in [0.15, 0.2) is 30.6 Å². The molecule has 0 spiro atoms. The maximum absolute atomic E-state index is 9.68. The summed E-state index contributed by atoms with van der Waals surface area (Å²) >= 11 is 5.90. The molecule has 2 aromatic rings. The zero-order valence-electron chi connectivity index (χ0n) is 10.3. The van der Waals surface area contributed by atoms with Crippen LogP contribution >= 0.6 is 11.6 Å². The van der Waals surface area contributed by atoms with Crippen molar-refractivity contribution in [2.45, 2.75) is 19.6 Å². The highest BCUT2D eigenvalue weighted by Gasteiger charge is 2.11. The molecule has 96 valence electrons. The van der Waals surface area contributed by atoms with Crippen molar-refractivity contribution in [1.82, 2.24) is 9.55 Å². The van der Waals surface area contributed by atoms with Gasteiger partial charge in [0.15, 0.2) is 0 Å². The molecule has 1 atom stereocenters. The Balaban J connectivity index is 2.16. The maximum atomic E-state index is 9.68. The predicted octanol–water partition coefficient (Wildman–Crippen LogP) is 2.71. The number of aryl methyl sites for hydroxylation is 1. The number of aliphatic hydroxyl groups is 1. The molecule has 0 aliphatic rings. The lowest BCUT2D eigenvalue weighted by molar-refractivity contribution is 0.189. The van der Waals surface area contributed by atoms with Crippen molar-refractivity contribution in [2.24, 2.45) is 7.05 Å². The van der Waals surface area contributed by atoms with Gasteiger partial charge in [0.05, 0.1) is 6.10 Å². The van der Waals surface area contributed by atoms with E-state index in [9.17, 15) is 5.11 Å². The fraction of sp³-hybridized carbons (Fsp3) is 0.308. The molecule has 0 saturated heterocycles. The summed E-state index contributed by atoms with van der Waals surface area (Å²) in [4.78, 5) is 4.17. The number of hydrogen-bond acceptors (Lipinski definition) is 3. The van der Waals surface area contributed by atoms with Crippen LogP contribution in [0.1, 0.15) is 24.4 Å². The van der Waals surface area contributed by atoms with Crippen LogP contribution in [0.3, 0.4) is 0 Å². The minimum atomic E-state index is -0.625. The molecule has 0 fully saturated rings. The van der Waals surface area contributed by atoms with Gasteiger partial charge in [-0.1, -0.05) is 11.6 Å². The lowest BCUT2D eigenvalue weighted by Gasteiger charge is -2.13. The minimum absolute atomic E-state index is 0.352. The average molecular weight is 267 g/mol. The van der Waals surface area contributed by atoms with Crippen molar-refractivity contribution in [3.05, 3.63) is 47.0 Å². The van der Waals surface area contributed by atoms with Crippen LogP contribution in [0.4, 0.5) is 0 Å². The third kappa shape index (κ3) is 2.83. The number of halogens is 1. The van der Waals surface area contributed by atoms with Crippen LogP contribution in [0.2, 0.25) is 5.02 Å². The van der Waals surface area contributed by atoms with Gasteiger partial charge in [-0.25, -0.2) is 4.98 Å². The molecule has 2 rings (SSSR count). The first-order valence-corrected chi connectivity index (χ1v) is 6.02. The van der Waals surface area contributed by atoms with E-state index in [-0.39, 0.29) is 0 Å². The lowest BCUT2D eigenvalue weighted by atomic mass is 10.1. The van der Waals surface area contributed by atoms with Crippen LogP contribution in [-0.4, -0.2) is 14.7 Å². The van der Waals surface area contributed by atoms with Crippen LogP contribution in [0.25, 0.3) is 0 Å². The molecular formula is C13H15ClN2O2. The average Bonchev–Trinajstić information content (AvgIpc) is 2.73. The molecule has 0 unspecified atom stereocenters. The van der Waals surface area contributed by atoms with Crippen molar-refractivity contribution >= 4 is 11.6 Å².